The lowest BCUT2D eigenvalue weighted by Crippen LogP contribution is -2.32. The molecule has 0 fully saturated rings. The van der Waals surface area contributed by atoms with Gasteiger partial charge in [0, 0.05) is 16.3 Å². The van der Waals surface area contributed by atoms with Crippen molar-refractivity contribution in [2.24, 2.45) is 0 Å². The van der Waals surface area contributed by atoms with E-state index >= 15 is 0 Å². The minimum Gasteiger partial charge on any atom is -0.493 e. The Morgan fingerprint density at radius 1 is 1.03 bits per heavy atom. The fraction of sp³-hybridized carbons (Fsp3) is 0.269. The molecule has 0 saturated heterocycles. The van der Waals surface area contributed by atoms with Crippen LogP contribution in [0.5, 0.6) is 11.5 Å². The van der Waals surface area contributed by atoms with E-state index in [1.54, 1.807) is 54.6 Å². The van der Waals surface area contributed by atoms with Gasteiger partial charge in [-0.3, -0.25) is 9.13 Å². The summed E-state index contributed by atoms with van der Waals surface area (Å²) in [5, 5.41) is 0. The third-order valence-corrected chi connectivity index (χ3v) is 7.27. The average Bonchev–Trinajstić information content (AvgIpc) is 3.09. The molecule has 0 spiro atoms. The Morgan fingerprint density at radius 2 is 1.78 bits per heavy atom. The third kappa shape index (κ3) is 5.34. The van der Waals surface area contributed by atoms with E-state index in [-0.39, 0.29) is 12.3 Å². The fourth-order valence-electron chi connectivity index (χ4n) is 4.28. The Balaban J connectivity index is 1.98. The third-order valence-electron chi connectivity index (χ3n) is 5.86. The molecule has 1 aromatic heterocycles. The van der Waals surface area contributed by atoms with E-state index in [0.29, 0.717) is 40.3 Å². The second kappa shape index (κ2) is 10.5. The first kappa shape index (κ1) is 26.0. The minimum absolute atomic E-state index is 0.0101. The van der Waals surface area contributed by atoms with Gasteiger partial charge in [0.15, 0.2) is 11.5 Å². The minimum atomic E-state index is -3.52. The molecule has 10 heteroatoms. The van der Waals surface area contributed by atoms with Gasteiger partial charge in [-0.15, -0.1) is 0 Å². The summed E-state index contributed by atoms with van der Waals surface area (Å²) in [4.78, 5) is 13.9. The summed E-state index contributed by atoms with van der Waals surface area (Å²) in [5.41, 5.74) is 1.55. The van der Waals surface area contributed by atoms with E-state index < -0.39 is 27.4 Å². The van der Waals surface area contributed by atoms with Crippen LogP contribution in [0.4, 0.5) is 4.39 Å². The summed E-state index contributed by atoms with van der Waals surface area (Å²) < 4.78 is 54.3. The number of rotatable bonds is 9. The van der Waals surface area contributed by atoms with Gasteiger partial charge in [-0.1, -0.05) is 40.2 Å². The van der Waals surface area contributed by atoms with Crippen molar-refractivity contribution in [3.8, 4) is 11.5 Å². The largest absolute Gasteiger partial charge is 0.493 e. The highest BCUT2D eigenvalue weighted by Gasteiger charge is 2.27. The highest BCUT2D eigenvalue weighted by Crippen LogP contribution is 2.33. The molecule has 4 aromatic rings. The first-order chi connectivity index (χ1) is 17.1. The number of methoxy groups -OCH3 is 1. The zero-order valence-electron chi connectivity index (χ0n) is 20.1. The summed E-state index contributed by atoms with van der Waals surface area (Å²) in [7, 11) is -2.00. The zero-order valence-corrected chi connectivity index (χ0v) is 22.5. The molecule has 0 aliphatic heterocycles. The van der Waals surface area contributed by atoms with Crippen LogP contribution in [0.25, 0.3) is 11.0 Å². The van der Waals surface area contributed by atoms with Crippen LogP contribution in [0.2, 0.25) is 0 Å². The highest BCUT2D eigenvalue weighted by atomic mass is 79.9. The number of sulfone groups is 1. The molecule has 0 aliphatic rings. The summed E-state index contributed by atoms with van der Waals surface area (Å²) >= 11 is 3.45. The lowest BCUT2D eigenvalue weighted by molar-refractivity contribution is 0.310. The predicted octanol–water partition coefficient (Wildman–Crippen LogP) is 4.79. The van der Waals surface area contributed by atoms with E-state index in [1.165, 1.54) is 22.3 Å². The summed E-state index contributed by atoms with van der Waals surface area (Å²) in [6.45, 7) is 2.20. The molecule has 1 heterocycles. The van der Waals surface area contributed by atoms with Gasteiger partial charge in [0.25, 0.3) is 0 Å². The van der Waals surface area contributed by atoms with Crippen molar-refractivity contribution >= 4 is 36.8 Å². The highest BCUT2D eigenvalue weighted by molar-refractivity contribution is 9.10. The number of halogens is 2. The zero-order chi connectivity index (χ0) is 26.0. The van der Waals surface area contributed by atoms with Gasteiger partial charge in [0.1, 0.15) is 15.7 Å². The van der Waals surface area contributed by atoms with E-state index in [4.69, 9.17) is 9.47 Å². The standard InChI is InChI=1S/C26H26BrFN2O5S/c1-4-35-25-13-17(9-12-24(25)34-2)23(16-36(3,32)33)30-21-11-10-19(27)14-22(21)29(26(30)31)15-18-7-5-6-8-20(18)28/h5-14,23H,4,15-16H2,1-3H3. The predicted molar refractivity (Wildman–Crippen MR) is 141 cm³/mol. The maximum Gasteiger partial charge on any atom is 0.330 e. The molecular formula is C26H26BrFN2O5S. The van der Waals surface area contributed by atoms with Crippen molar-refractivity contribution in [3.63, 3.8) is 0 Å². The number of hydrogen-bond acceptors (Lipinski definition) is 5. The van der Waals surface area contributed by atoms with Crippen LogP contribution in [0.3, 0.4) is 0 Å². The van der Waals surface area contributed by atoms with Gasteiger partial charge in [-0.25, -0.2) is 17.6 Å². The number of imidazole rings is 1. The van der Waals surface area contributed by atoms with Gasteiger partial charge in [-0.2, -0.15) is 0 Å². The molecule has 0 N–H and O–H groups in total. The van der Waals surface area contributed by atoms with Crippen LogP contribution in [0, 0.1) is 5.82 Å². The van der Waals surface area contributed by atoms with Crippen LogP contribution in [0.1, 0.15) is 24.1 Å². The Morgan fingerprint density at radius 3 is 2.44 bits per heavy atom. The number of ether oxygens (including phenoxy) is 2. The molecule has 1 atom stereocenters. The maximum atomic E-state index is 14.5. The second-order valence-electron chi connectivity index (χ2n) is 8.41. The fourth-order valence-corrected chi connectivity index (χ4v) is 5.54. The molecule has 0 aliphatic carbocycles. The van der Waals surface area contributed by atoms with Crippen molar-refractivity contribution in [1.29, 1.82) is 0 Å². The second-order valence-corrected chi connectivity index (χ2v) is 11.5. The van der Waals surface area contributed by atoms with E-state index in [2.05, 4.69) is 15.9 Å². The summed E-state index contributed by atoms with van der Waals surface area (Å²) in [6.07, 6.45) is 1.13. The molecule has 190 valence electrons. The molecule has 7 nitrogen and oxygen atoms in total. The molecule has 4 rings (SSSR count). The van der Waals surface area contributed by atoms with E-state index in [0.717, 1.165) is 10.7 Å². The summed E-state index contributed by atoms with van der Waals surface area (Å²) in [6, 6.07) is 15.8. The molecule has 0 bridgehead atoms. The van der Waals surface area contributed by atoms with Crippen LogP contribution < -0.4 is 15.2 Å². The van der Waals surface area contributed by atoms with Gasteiger partial charge in [0.05, 0.1) is 43.1 Å². The number of aromatic nitrogens is 2. The van der Waals surface area contributed by atoms with Gasteiger partial charge >= 0.3 is 5.69 Å². The molecule has 1 unspecified atom stereocenters. The molecule has 0 radical (unpaired) electrons. The topological polar surface area (TPSA) is 79.5 Å². The molecule has 0 amide bonds. The molecule has 3 aromatic carbocycles. The van der Waals surface area contributed by atoms with Gasteiger partial charge in [-0.05, 0) is 48.9 Å². The van der Waals surface area contributed by atoms with Crippen LogP contribution in [-0.2, 0) is 16.4 Å². The lowest BCUT2D eigenvalue weighted by Gasteiger charge is -2.20. The smallest absolute Gasteiger partial charge is 0.330 e. The number of fused-ring (bicyclic) bond motifs is 1. The normalized spacial score (nSPS) is 12.6. The van der Waals surface area contributed by atoms with E-state index in [1.807, 2.05) is 6.92 Å². The van der Waals surface area contributed by atoms with Crippen LogP contribution in [-0.4, -0.2) is 43.3 Å². The molecular weight excluding hydrogens is 551 g/mol. The van der Waals surface area contributed by atoms with Crippen molar-refractivity contribution in [2.45, 2.75) is 19.5 Å². The lowest BCUT2D eigenvalue weighted by atomic mass is 10.1. The number of benzene rings is 3. The first-order valence-corrected chi connectivity index (χ1v) is 14.1. The molecule has 0 saturated carbocycles. The van der Waals surface area contributed by atoms with Crippen molar-refractivity contribution in [1.82, 2.24) is 9.13 Å². The van der Waals surface area contributed by atoms with E-state index in [9.17, 15) is 17.6 Å². The Bertz CT molecular complexity index is 1580. The first-order valence-electron chi connectivity index (χ1n) is 11.2. The summed E-state index contributed by atoms with van der Waals surface area (Å²) in [5.74, 6) is 0.197. The maximum absolute atomic E-state index is 14.5. The van der Waals surface area contributed by atoms with Crippen LogP contribution >= 0.6 is 15.9 Å². The molecule has 36 heavy (non-hydrogen) atoms. The monoisotopic (exact) mass is 576 g/mol. The number of nitrogens with zero attached hydrogens (tertiary/aromatic N) is 2. The van der Waals surface area contributed by atoms with Gasteiger partial charge < -0.3 is 9.47 Å². The Hall–Kier alpha value is -3.11. The average molecular weight is 577 g/mol. The van der Waals surface area contributed by atoms with Gasteiger partial charge in [0.2, 0.25) is 0 Å². The van der Waals surface area contributed by atoms with Crippen molar-refractivity contribution < 1.29 is 22.3 Å². The Kier molecular flexibility index (Phi) is 7.56. The number of hydrogen-bond donors (Lipinski definition) is 0. The van der Waals surface area contributed by atoms with Crippen molar-refractivity contribution in [3.05, 3.63) is 92.6 Å². The Labute approximate surface area is 217 Å². The SMILES string of the molecule is CCOc1cc(C(CS(C)(=O)=O)n2c(=O)n(Cc3ccccc3F)c3cc(Br)ccc32)ccc1OC. The van der Waals surface area contributed by atoms with Crippen LogP contribution in [0.15, 0.2) is 69.9 Å². The quantitative estimate of drug-likeness (QED) is 0.286. The van der Waals surface area contributed by atoms with Crippen molar-refractivity contribution in [2.75, 3.05) is 25.7 Å².